The monoisotopic (exact) mass is 481 g/mol. The van der Waals surface area contributed by atoms with Gasteiger partial charge in [-0.3, -0.25) is 0 Å². The SMILES string of the molecule is Cc1c(-c2cccc(CNS(=O)(=O)CC3CCCCC3)c2)sc(C(=O)O)c1OCC(=O)O. The largest absolute Gasteiger partial charge is 0.480 e. The minimum Gasteiger partial charge on any atom is -0.480 e. The van der Waals surface area contributed by atoms with Crippen LogP contribution in [0.25, 0.3) is 10.4 Å². The number of nitrogens with one attached hydrogen (secondary N) is 1. The molecular formula is C22H27NO7S2. The van der Waals surface area contributed by atoms with Gasteiger partial charge in [0.25, 0.3) is 0 Å². The zero-order valence-corrected chi connectivity index (χ0v) is 19.4. The highest BCUT2D eigenvalue weighted by atomic mass is 32.2. The van der Waals surface area contributed by atoms with Crippen molar-refractivity contribution in [2.75, 3.05) is 12.4 Å². The molecule has 3 N–H and O–H groups in total. The van der Waals surface area contributed by atoms with Crippen LogP contribution in [0.3, 0.4) is 0 Å². The van der Waals surface area contributed by atoms with E-state index in [-0.39, 0.29) is 28.8 Å². The summed E-state index contributed by atoms with van der Waals surface area (Å²) in [6.45, 7) is 1.18. The van der Waals surface area contributed by atoms with Crippen LogP contribution >= 0.6 is 11.3 Å². The van der Waals surface area contributed by atoms with E-state index in [2.05, 4.69) is 4.72 Å². The maximum absolute atomic E-state index is 12.5. The topological polar surface area (TPSA) is 130 Å². The first-order chi connectivity index (χ1) is 15.2. The van der Waals surface area contributed by atoms with Crippen molar-refractivity contribution in [3.8, 4) is 16.2 Å². The second-order valence-electron chi connectivity index (χ2n) is 8.01. The van der Waals surface area contributed by atoms with Gasteiger partial charge in [0.05, 0.1) is 5.75 Å². The lowest BCUT2D eigenvalue weighted by Gasteiger charge is -2.21. The zero-order valence-electron chi connectivity index (χ0n) is 17.8. The van der Waals surface area contributed by atoms with Gasteiger partial charge in [-0.1, -0.05) is 37.5 Å². The summed E-state index contributed by atoms with van der Waals surface area (Å²) in [5, 5.41) is 18.3. The highest BCUT2D eigenvalue weighted by molar-refractivity contribution is 7.89. The third kappa shape index (κ3) is 6.30. The summed E-state index contributed by atoms with van der Waals surface area (Å²) in [7, 11) is -3.40. The number of hydrogen-bond acceptors (Lipinski definition) is 6. The Morgan fingerprint density at radius 2 is 1.91 bits per heavy atom. The van der Waals surface area contributed by atoms with Gasteiger partial charge in [0, 0.05) is 17.0 Å². The molecule has 2 aromatic rings. The van der Waals surface area contributed by atoms with Crippen LogP contribution in [0.4, 0.5) is 0 Å². The molecular weight excluding hydrogens is 454 g/mol. The van der Waals surface area contributed by atoms with Gasteiger partial charge in [0.1, 0.15) is 5.75 Å². The highest BCUT2D eigenvalue weighted by Crippen LogP contribution is 2.41. The number of carboxylic acids is 2. The van der Waals surface area contributed by atoms with Crippen LogP contribution in [-0.4, -0.2) is 42.9 Å². The van der Waals surface area contributed by atoms with E-state index in [9.17, 15) is 23.1 Å². The number of hydrogen-bond donors (Lipinski definition) is 3. The van der Waals surface area contributed by atoms with Crippen LogP contribution in [0.1, 0.15) is 52.9 Å². The molecule has 32 heavy (non-hydrogen) atoms. The van der Waals surface area contributed by atoms with E-state index in [0.717, 1.165) is 42.6 Å². The third-order valence-electron chi connectivity index (χ3n) is 5.49. The lowest BCUT2D eigenvalue weighted by atomic mass is 9.91. The Kier molecular flexibility index (Phi) is 7.91. The number of rotatable bonds is 10. The molecule has 3 rings (SSSR count). The first-order valence-electron chi connectivity index (χ1n) is 10.4. The smallest absolute Gasteiger partial charge is 0.349 e. The molecule has 10 heteroatoms. The minimum atomic E-state index is -3.40. The molecule has 1 saturated carbocycles. The predicted octanol–water partition coefficient (Wildman–Crippen LogP) is 3.88. The second kappa shape index (κ2) is 10.5. The van der Waals surface area contributed by atoms with Crippen molar-refractivity contribution < 1.29 is 33.0 Å². The molecule has 0 amide bonds. The van der Waals surface area contributed by atoms with Crippen molar-refractivity contribution in [1.29, 1.82) is 0 Å². The quantitative estimate of drug-likeness (QED) is 0.469. The van der Waals surface area contributed by atoms with Crippen molar-refractivity contribution in [1.82, 2.24) is 4.72 Å². The molecule has 0 spiro atoms. The van der Waals surface area contributed by atoms with E-state index >= 15 is 0 Å². The molecule has 1 heterocycles. The van der Waals surface area contributed by atoms with Gasteiger partial charge < -0.3 is 14.9 Å². The average molecular weight is 482 g/mol. The van der Waals surface area contributed by atoms with Crippen LogP contribution in [-0.2, 0) is 21.4 Å². The fourth-order valence-corrected chi connectivity index (χ4v) is 6.51. The number of ether oxygens (including phenoxy) is 1. The Hall–Kier alpha value is -2.43. The van der Waals surface area contributed by atoms with Gasteiger partial charge >= 0.3 is 11.9 Å². The molecule has 1 aliphatic carbocycles. The summed E-state index contributed by atoms with van der Waals surface area (Å²) in [6, 6.07) is 7.17. The van der Waals surface area contributed by atoms with Crippen molar-refractivity contribution in [2.45, 2.75) is 45.6 Å². The molecule has 0 radical (unpaired) electrons. The summed E-state index contributed by atoms with van der Waals surface area (Å²) < 4.78 is 32.9. The Balaban J connectivity index is 1.76. The second-order valence-corrected chi connectivity index (χ2v) is 10.9. The zero-order chi connectivity index (χ0) is 23.3. The van der Waals surface area contributed by atoms with Gasteiger partial charge in [-0.2, -0.15) is 0 Å². The van der Waals surface area contributed by atoms with E-state index in [4.69, 9.17) is 9.84 Å². The first-order valence-corrected chi connectivity index (χ1v) is 12.9. The van der Waals surface area contributed by atoms with Crippen LogP contribution in [0.5, 0.6) is 5.75 Å². The van der Waals surface area contributed by atoms with Gasteiger partial charge in [-0.25, -0.2) is 22.7 Å². The summed E-state index contributed by atoms with van der Waals surface area (Å²) in [4.78, 5) is 23.0. The van der Waals surface area contributed by atoms with Gasteiger partial charge in [0.15, 0.2) is 11.5 Å². The summed E-state index contributed by atoms with van der Waals surface area (Å²) in [6.07, 6.45) is 5.24. The minimum absolute atomic E-state index is 0.0403. The molecule has 1 aromatic heterocycles. The van der Waals surface area contributed by atoms with Crippen molar-refractivity contribution in [2.24, 2.45) is 5.92 Å². The predicted molar refractivity (Wildman–Crippen MR) is 122 cm³/mol. The average Bonchev–Trinajstić information content (AvgIpc) is 3.08. The number of sulfonamides is 1. The molecule has 0 unspecified atom stereocenters. The van der Waals surface area contributed by atoms with Crippen molar-refractivity contribution in [3.63, 3.8) is 0 Å². The standard InChI is InChI=1S/C22H27NO7S2/c1-14-19(30-12-18(24)25)21(22(26)27)31-20(14)17-9-5-8-16(10-17)11-23-32(28,29)13-15-6-3-2-4-7-15/h5,8-10,15,23H,2-4,6-7,11-13H2,1H3,(H,24,25)(H,26,27). The molecule has 0 saturated heterocycles. The normalized spacial score (nSPS) is 14.9. The lowest BCUT2D eigenvalue weighted by molar-refractivity contribution is -0.139. The highest BCUT2D eigenvalue weighted by Gasteiger charge is 2.24. The maximum atomic E-state index is 12.5. The lowest BCUT2D eigenvalue weighted by Crippen LogP contribution is -2.30. The van der Waals surface area contributed by atoms with E-state index < -0.39 is 28.6 Å². The van der Waals surface area contributed by atoms with Crippen LogP contribution < -0.4 is 9.46 Å². The maximum Gasteiger partial charge on any atom is 0.349 e. The molecule has 174 valence electrons. The number of aliphatic carboxylic acids is 1. The summed E-state index contributed by atoms with van der Waals surface area (Å²) >= 11 is 0.998. The fraction of sp³-hybridized carbons (Fsp3) is 0.455. The number of aromatic carboxylic acids is 1. The Labute approximate surface area is 191 Å². The molecule has 1 aliphatic rings. The fourth-order valence-electron chi connectivity index (χ4n) is 3.96. The molecule has 0 bridgehead atoms. The van der Waals surface area contributed by atoms with Crippen LogP contribution in [0, 0.1) is 12.8 Å². The number of benzene rings is 1. The summed E-state index contributed by atoms with van der Waals surface area (Å²) in [5.74, 6) is -2.01. The molecule has 0 atom stereocenters. The van der Waals surface area contributed by atoms with E-state index in [1.165, 1.54) is 6.42 Å². The number of carboxylic acid groups (broad SMARTS) is 2. The molecule has 1 fully saturated rings. The first kappa shape index (κ1) is 24.2. The number of carbonyl (C=O) groups is 2. The number of thiophene rings is 1. The van der Waals surface area contributed by atoms with Crippen LogP contribution in [0.15, 0.2) is 24.3 Å². The molecule has 1 aromatic carbocycles. The Morgan fingerprint density at radius 3 is 2.56 bits per heavy atom. The van der Waals surface area contributed by atoms with Crippen LogP contribution in [0.2, 0.25) is 0 Å². The van der Waals surface area contributed by atoms with Crippen molar-refractivity contribution in [3.05, 3.63) is 40.3 Å². The molecule has 8 nitrogen and oxygen atoms in total. The van der Waals surface area contributed by atoms with E-state index in [0.29, 0.717) is 16.0 Å². The van der Waals surface area contributed by atoms with Gasteiger partial charge in [-0.05, 0) is 42.9 Å². The van der Waals surface area contributed by atoms with Gasteiger partial charge in [0.2, 0.25) is 10.0 Å². The Morgan fingerprint density at radius 1 is 1.19 bits per heavy atom. The van der Waals surface area contributed by atoms with Crippen molar-refractivity contribution >= 4 is 33.3 Å². The Bertz CT molecular complexity index is 1090. The van der Waals surface area contributed by atoms with E-state index in [1.54, 1.807) is 31.2 Å². The van der Waals surface area contributed by atoms with Gasteiger partial charge in [-0.15, -0.1) is 11.3 Å². The third-order valence-corrected chi connectivity index (χ3v) is 8.30. The summed E-state index contributed by atoms with van der Waals surface area (Å²) in [5.41, 5.74) is 1.99. The van der Waals surface area contributed by atoms with E-state index in [1.807, 2.05) is 0 Å². The molecule has 0 aliphatic heterocycles.